The SMILES string of the molecule is CC(=O)COCCOCCNC(=O)COCCOCCNC(=O)CC[C@H](NC(=O)CC[C@H](NC(=O)CCCCCCCCCCCCCCC(=O)O)C(=O)O)C(=O)O. The molecular formula is C39H68N4O15. The Morgan fingerprint density at radius 1 is 0.431 bits per heavy atom. The fourth-order valence-electron chi connectivity index (χ4n) is 5.41. The van der Waals surface area contributed by atoms with Crippen LogP contribution in [0.4, 0.5) is 0 Å². The van der Waals surface area contributed by atoms with Gasteiger partial charge in [0.1, 0.15) is 25.3 Å². The van der Waals surface area contributed by atoms with E-state index in [1.807, 2.05) is 0 Å². The van der Waals surface area contributed by atoms with Crippen molar-refractivity contribution in [3.05, 3.63) is 0 Å². The molecular weight excluding hydrogens is 764 g/mol. The minimum absolute atomic E-state index is 0.0361. The zero-order valence-corrected chi connectivity index (χ0v) is 34.2. The van der Waals surface area contributed by atoms with Gasteiger partial charge in [0.05, 0.1) is 39.6 Å². The number of unbranched alkanes of at least 4 members (excludes halogenated alkanes) is 11. The number of Topliss-reactive ketones (excluding diaryl/α,β-unsaturated/α-hetero) is 1. The van der Waals surface area contributed by atoms with E-state index >= 15 is 0 Å². The average Bonchev–Trinajstić information content (AvgIpc) is 3.16. The van der Waals surface area contributed by atoms with E-state index in [9.17, 15) is 48.6 Å². The summed E-state index contributed by atoms with van der Waals surface area (Å²) in [4.78, 5) is 93.4. The molecule has 0 spiro atoms. The normalized spacial score (nSPS) is 11.9. The number of amides is 4. The summed E-state index contributed by atoms with van der Waals surface area (Å²) in [7, 11) is 0. The number of ether oxygens (including phenoxy) is 4. The van der Waals surface area contributed by atoms with Crippen molar-refractivity contribution >= 4 is 47.3 Å². The number of rotatable bonds is 41. The molecule has 0 heterocycles. The zero-order valence-electron chi connectivity index (χ0n) is 34.2. The maximum atomic E-state index is 12.5. The predicted octanol–water partition coefficient (Wildman–Crippen LogP) is 2.12. The van der Waals surface area contributed by atoms with Crippen LogP contribution in [-0.4, -0.2) is 141 Å². The lowest BCUT2D eigenvalue weighted by molar-refractivity contribution is -0.143. The number of carbonyl (C=O) groups excluding carboxylic acids is 5. The second kappa shape index (κ2) is 37.1. The number of hydrogen-bond acceptors (Lipinski definition) is 12. The summed E-state index contributed by atoms with van der Waals surface area (Å²) < 4.78 is 20.9. The average molecular weight is 833 g/mol. The standard InChI is InChI=1S/C39H68N4O15/c1-30(44)28-57-26-24-56-23-21-41-36(48)29-58-27-25-55-22-20-40-33(45)18-16-31(38(51)52)43-35(47)19-17-32(39(53)54)42-34(46)14-12-10-8-6-4-2-3-5-7-9-11-13-15-37(49)50/h31-32H,2-29H2,1H3,(H,40,45)(H,41,48)(H,42,46)(H,43,47)(H,49,50)(H,51,52)(H,53,54)/t31-,32-/m0/s1. The molecule has 4 amide bonds. The van der Waals surface area contributed by atoms with Crippen LogP contribution in [0, 0.1) is 0 Å². The van der Waals surface area contributed by atoms with Crippen LogP contribution >= 0.6 is 0 Å². The molecule has 0 rings (SSSR count). The lowest BCUT2D eigenvalue weighted by Crippen LogP contribution is -2.44. The smallest absolute Gasteiger partial charge is 0.326 e. The van der Waals surface area contributed by atoms with Crippen molar-refractivity contribution in [2.24, 2.45) is 0 Å². The number of carboxylic acid groups (broad SMARTS) is 3. The summed E-state index contributed by atoms with van der Waals surface area (Å²) in [5.41, 5.74) is 0. The molecule has 7 N–H and O–H groups in total. The van der Waals surface area contributed by atoms with Gasteiger partial charge in [-0.05, 0) is 32.6 Å². The van der Waals surface area contributed by atoms with E-state index in [-0.39, 0.29) is 110 Å². The Kier molecular flexibility index (Phi) is 34.4. The monoisotopic (exact) mass is 832 g/mol. The number of nitrogens with one attached hydrogen (secondary N) is 4. The van der Waals surface area contributed by atoms with Crippen LogP contribution in [0.1, 0.15) is 122 Å². The highest BCUT2D eigenvalue weighted by atomic mass is 16.5. The van der Waals surface area contributed by atoms with Crippen LogP contribution < -0.4 is 21.3 Å². The molecule has 0 aliphatic heterocycles. The van der Waals surface area contributed by atoms with Gasteiger partial charge in [0, 0.05) is 38.8 Å². The second-order valence-corrected chi connectivity index (χ2v) is 13.9. The quantitative estimate of drug-likeness (QED) is 0.0435. The highest BCUT2D eigenvalue weighted by molar-refractivity contribution is 5.86. The molecule has 0 aliphatic rings. The Morgan fingerprint density at radius 3 is 1.26 bits per heavy atom. The van der Waals surface area contributed by atoms with Crippen molar-refractivity contribution in [1.82, 2.24) is 21.3 Å². The second-order valence-electron chi connectivity index (χ2n) is 13.9. The molecule has 0 radical (unpaired) electrons. The fourth-order valence-corrected chi connectivity index (χ4v) is 5.41. The van der Waals surface area contributed by atoms with E-state index in [1.165, 1.54) is 6.92 Å². The zero-order chi connectivity index (χ0) is 43.2. The maximum Gasteiger partial charge on any atom is 0.326 e. The molecule has 0 saturated heterocycles. The summed E-state index contributed by atoms with van der Waals surface area (Å²) in [6, 6.07) is -2.69. The summed E-state index contributed by atoms with van der Waals surface area (Å²) in [5, 5.41) is 37.6. The summed E-state index contributed by atoms with van der Waals surface area (Å²) in [6.07, 6.45) is 11.2. The molecule has 58 heavy (non-hydrogen) atoms. The molecule has 19 nitrogen and oxygen atoms in total. The van der Waals surface area contributed by atoms with Crippen molar-refractivity contribution in [1.29, 1.82) is 0 Å². The number of carboxylic acids is 3. The first-order valence-corrected chi connectivity index (χ1v) is 20.4. The van der Waals surface area contributed by atoms with Crippen molar-refractivity contribution in [3.63, 3.8) is 0 Å². The Labute approximate surface area is 341 Å². The first kappa shape index (κ1) is 53.8. The molecule has 0 unspecified atom stereocenters. The number of ketones is 1. The molecule has 0 aliphatic carbocycles. The van der Waals surface area contributed by atoms with Gasteiger partial charge >= 0.3 is 17.9 Å². The van der Waals surface area contributed by atoms with Crippen LogP contribution in [0.5, 0.6) is 0 Å². The lowest BCUT2D eigenvalue weighted by Gasteiger charge is -2.17. The van der Waals surface area contributed by atoms with Gasteiger partial charge in [-0.15, -0.1) is 0 Å². The molecule has 0 aromatic carbocycles. The van der Waals surface area contributed by atoms with Gasteiger partial charge < -0.3 is 55.5 Å². The van der Waals surface area contributed by atoms with Gasteiger partial charge in [-0.1, -0.05) is 64.2 Å². The molecule has 0 aromatic rings. The summed E-state index contributed by atoms with van der Waals surface area (Å²) in [5.74, 6) is -5.44. The first-order valence-electron chi connectivity index (χ1n) is 20.4. The summed E-state index contributed by atoms with van der Waals surface area (Å²) >= 11 is 0. The molecule has 2 atom stereocenters. The van der Waals surface area contributed by atoms with E-state index in [0.717, 1.165) is 70.6 Å². The van der Waals surface area contributed by atoms with E-state index in [2.05, 4.69) is 21.3 Å². The van der Waals surface area contributed by atoms with Gasteiger partial charge in [-0.2, -0.15) is 0 Å². The molecule has 0 fully saturated rings. The van der Waals surface area contributed by atoms with Crippen molar-refractivity contribution in [3.8, 4) is 0 Å². The van der Waals surface area contributed by atoms with Crippen molar-refractivity contribution < 1.29 is 72.6 Å². The topological polar surface area (TPSA) is 282 Å². The van der Waals surface area contributed by atoms with Crippen LogP contribution in [0.2, 0.25) is 0 Å². The van der Waals surface area contributed by atoms with Crippen LogP contribution in [0.15, 0.2) is 0 Å². The van der Waals surface area contributed by atoms with Crippen molar-refractivity contribution in [2.75, 3.05) is 65.9 Å². The van der Waals surface area contributed by atoms with Gasteiger partial charge in [-0.3, -0.25) is 28.8 Å². The highest BCUT2D eigenvalue weighted by Crippen LogP contribution is 2.13. The van der Waals surface area contributed by atoms with E-state index in [4.69, 9.17) is 24.1 Å². The van der Waals surface area contributed by atoms with Crippen LogP contribution in [0.25, 0.3) is 0 Å². The van der Waals surface area contributed by atoms with E-state index in [0.29, 0.717) is 13.0 Å². The number of hydrogen-bond donors (Lipinski definition) is 7. The van der Waals surface area contributed by atoms with Gasteiger partial charge in [0.2, 0.25) is 23.6 Å². The van der Waals surface area contributed by atoms with Crippen molar-refractivity contribution in [2.45, 2.75) is 135 Å². The van der Waals surface area contributed by atoms with Gasteiger partial charge in [0.15, 0.2) is 5.78 Å². The largest absolute Gasteiger partial charge is 0.481 e. The Hall–Kier alpha value is -4.20. The molecule has 0 saturated carbocycles. The minimum Gasteiger partial charge on any atom is -0.481 e. The third kappa shape index (κ3) is 36.2. The van der Waals surface area contributed by atoms with Gasteiger partial charge in [-0.25, -0.2) is 9.59 Å². The van der Waals surface area contributed by atoms with E-state index < -0.39 is 47.7 Å². The Balaban J connectivity index is 4.01. The predicted molar refractivity (Wildman–Crippen MR) is 210 cm³/mol. The summed E-state index contributed by atoms with van der Waals surface area (Å²) in [6.45, 7) is 2.99. The third-order valence-electron chi connectivity index (χ3n) is 8.55. The third-order valence-corrected chi connectivity index (χ3v) is 8.55. The Bertz CT molecular complexity index is 1200. The molecule has 0 bridgehead atoms. The Morgan fingerprint density at radius 2 is 0.810 bits per heavy atom. The lowest BCUT2D eigenvalue weighted by atomic mass is 10.0. The molecule has 19 heteroatoms. The van der Waals surface area contributed by atoms with Gasteiger partial charge in [0.25, 0.3) is 0 Å². The van der Waals surface area contributed by atoms with Crippen LogP contribution in [0.3, 0.4) is 0 Å². The number of carbonyl (C=O) groups is 8. The first-order chi connectivity index (χ1) is 27.8. The minimum atomic E-state index is -1.38. The molecule has 334 valence electrons. The highest BCUT2D eigenvalue weighted by Gasteiger charge is 2.24. The van der Waals surface area contributed by atoms with E-state index in [1.54, 1.807) is 0 Å². The fraction of sp³-hybridized carbons (Fsp3) is 0.795. The molecule has 0 aromatic heterocycles. The number of aliphatic carboxylic acids is 3. The van der Waals surface area contributed by atoms with Crippen LogP contribution in [-0.2, 0) is 57.3 Å². The maximum absolute atomic E-state index is 12.5.